The third-order valence-corrected chi connectivity index (χ3v) is 4.96. The Labute approximate surface area is 164 Å². The Balaban J connectivity index is 2.43. The average Bonchev–Trinajstić information content (AvgIpc) is 2.75. The molecule has 3 aromatic rings. The number of hydrogen-bond donors (Lipinski definition) is 0. The minimum atomic E-state index is -1.34. The maximum atomic E-state index is 12.2. The molecule has 0 saturated heterocycles. The summed E-state index contributed by atoms with van der Waals surface area (Å²) in [5, 5.41) is 16.3. The van der Waals surface area contributed by atoms with Crippen molar-refractivity contribution in [1.29, 1.82) is 0 Å². The van der Waals surface area contributed by atoms with E-state index in [1.807, 2.05) is 91.0 Å². The summed E-state index contributed by atoms with van der Waals surface area (Å²) in [6.07, 6.45) is 0.169. The van der Waals surface area contributed by atoms with E-state index < -0.39 is 17.6 Å². The first kappa shape index (κ1) is 19.3. The summed E-state index contributed by atoms with van der Waals surface area (Å²) in [6.45, 7) is 1.70. The van der Waals surface area contributed by atoms with Gasteiger partial charge in [-0.15, -0.1) is 4.91 Å². The topological polar surface area (TPSA) is 72.8 Å². The van der Waals surface area contributed by atoms with E-state index in [2.05, 4.69) is 5.29 Å². The third kappa shape index (κ3) is 3.27. The summed E-state index contributed by atoms with van der Waals surface area (Å²) >= 11 is 0. The van der Waals surface area contributed by atoms with Gasteiger partial charge in [-0.25, -0.2) is 5.01 Å². The first-order valence-electron chi connectivity index (χ1n) is 9.16. The number of rotatable bonds is 8. The minimum absolute atomic E-state index is 0.169. The fourth-order valence-electron chi connectivity index (χ4n) is 3.73. The highest BCUT2D eigenvalue weighted by Crippen LogP contribution is 2.44. The highest BCUT2D eigenvalue weighted by Gasteiger charge is 2.46. The summed E-state index contributed by atoms with van der Waals surface area (Å²) in [7, 11) is 0. The van der Waals surface area contributed by atoms with Gasteiger partial charge in [0.05, 0.1) is 17.3 Å². The molecule has 28 heavy (non-hydrogen) atoms. The van der Waals surface area contributed by atoms with Gasteiger partial charge in [0.1, 0.15) is 5.54 Å². The van der Waals surface area contributed by atoms with Crippen LogP contribution in [0, 0.1) is 4.91 Å². The molecule has 0 aromatic heterocycles. The van der Waals surface area contributed by atoms with E-state index >= 15 is 0 Å². The highest BCUT2D eigenvalue weighted by atomic mass is 16.4. The predicted molar refractivity (Wildman–Crippen MR) is 106 cm³/mol. The van der Waals surface area contributed by atoms with Crippen LogP contribution in [0.25, 0.3) is 0 Å². The highest BCUT2D eigenvalue weighted by molar-refractivity contribution is 5.72. The first-order chi connectivity index (χ1) is 13.7. The summed E-state index contributed by atoms with van der Waals surface area (Å²) in [5.74, 6) is -1.34. The van der Waals surface area contributed by atoms with Gasteiger partial charge in [0.15, 0.2) is 0 Å². The zero-order valence-corrected chi connectivity index (χ0v) is 15.6. The predicted octanol–water partition coefficient (Wildman–Crippen LogP) is 3.49. The van der Waals surface area contributed by atoms with E-state index in [0.29, 0.717) is 0 Å². The van der Waals surface area contributed by atoms with Crippen molar-refractivity contribution in [2.24, 2.45) is 5.29 Å². The van der Waals surface area contributed by atoms with E-state index in [-0.39, 0.29) is 6.42 Å². The average molecular weight is 373 g/mol. The lowest BCUT2D eigenvalue weighted by Crippen LogP contribution is -2.55. The number of nitrogens with zero attached hydrogens (tertiary/aromatic N) is 2. The normalized spacial score (nSPS) is 12.2. The SMILES string of the molecule is CCC(C(=O)[O-])N(N=O)C(c1ccccc1)(c1ccccc1)c1ccccc1. The number of benzene rings is 3. The Kier molecular flexibility index (Phi) is 5.84. The number of carboxylic acids is 1. The molecule has 0 amide bonds. The largest absolute Gasteiger partial charge is 0.548 e. The summed E-state index contributed by atoms with van der Waals surface area (Å²) in [6, 6.07) is 26.8. The molecular formula is C23H21N2O3-. The Morgan fingerprint density at radius 2 is 1.21 bits per heavy atom. The molecule has 0 aliphatic rings. The molecule has 0 heterocycles. The number of aliphatic carboxylic acids is 1. The number of nitroso groups, excluding NO2 is 1. The van der Waals surface area contributed by atoms with E-state index in [9.17, 15) is 14.8 Å². The van der Waals surface area contributed by atoms with Crippen LogP contribution < -0.4 is 5.11 Å². The van der Waals surface area contributed by atoms with E-state index in [0.717, 1.165) is 21.7 Å². The van der Waals surface area contributed by atoms with Crippen LogP contribution in [0.4, 0.5) is 0 Å². The fourth-order valence-corrected chi connectivity index (χ4v) is 3.73. The zero-order chi connectivity index (χ0) is 20.0. The fraction of sp³-hybridized carbons (Fsp3) is 0.174. The second-order valence-corrected chi connectivity index (χ2v) is 6.48. The van der Waals surface area contributed by atoms with E-state index in [1.54, 1.807) is 6.92 Å². The molecule has 142 valence electrons. The first-order valence-corrected chi connectivity index (χ1v) is 9.16. The quantitative estimate of drug-likeness (QED) is 0.344. The number of carboxylic acid groups (broad SMARTS) is 1. The molecule has 0 spiro atoms. The van der Waals surface area contributed by atoms with Gasteiger partial charge in [0.25, 0.3) is 0 Å². The van der Waals surface area contributed by atoms with Gasteiger partial charge >= 0.3 is 0 Å². The number of carbonyl (C=O) groups is 1. The smallest absolute Gasteiger partial charge is 0.137 e. The molecular weight excluding hydrogens is 352 g/mol. The van der Waals surface area contributed by atoms with Gasteiger partial charge in [0, 0.05) is 0 Å². The van der Waals surface area contributed by atoms with Crippen molar-refractivity contribution in [2.45, 2.75) is 24.9 Å². The third-order valence-electron chi connectivity index (χ3n) is 4.96. The van der Waals surface area contributed by atoms with Gasteiger partial charge in [-0.2, -0.15) is 0 Å². The monoisotopic (exact) mass is 373 g/mol. The molecule has 0 N–H and O–H groups in total. The van der Waals surface area contributed by atoms with Crippen LogP contribution in [0.3, 0.4) is 0 Å². The van der Waals surface area contributed by atoms with Crippen LogP contribution in [-0.4, -0.2) is 17.0 Å². The van der Waals surface area contributed by atoms with Crippen LogP contribution in [0.1, 0.15) is 30.0 Å². The Hall–Kier alpha value is -3.47. The second-order valence-electron chi connectivity index (χ2n) is 6.48. The maximum absolute atomic E-state index is 12.2. The van der Waals surface area contributed by atoms with Crippen molar-refractivity contribution < 1.29 is 9.90 Å². The lowest BCUT2D eigenvalue weighted by atomic mass is 9.75. The Bertz CT molecular complexity index is 818. The maximum Gasteiger partial charge on any atom is 0.137 e. The molecule has 5 nitrogen and oxygen atoms in total. The number of carbonyl (C=O) groups excluding carboxylic acids is 1. The molecule has 0 aliphatic carbocycles. The van der Waals surface area contributed by atoms with Crippen LogP contribution in [0.2, 0.25) is 0 Å². The zero-order valence-electron chi connectivity index (χ0n) is 15.6. The van der Waals surface area contributed by atoms with Gasteiger partial charge in [0.2, 0.25) is 0 Å². The van der Waals surface area contributed by atoms with Gasteiger partial charge in [-0.05, 0) is 23.1 Å². The minimum Gasteiger partial charge on any atom is -0.548 e. The van der Waals surface area contributed by atoms with Crippen molar-refractivity contribution >= 4 is 5.97 Å². The number of hydrogen-bond acceptors (Lipinski definition) is 4. The van der Waals surface area contributed by atoms with Crippen molar-refractivity contribution in [1.82, 2.24) is 5.01 Å². The Morgan fingerprint density at radius 1 is 0.857 bits per heavy atom. The van der Waals surface area contributed by atoms with Gasteiger partial charge < -0.3 is 9.90 Å². The summed E-state index contributed by atoms with van der Waals surface area (Å²) in [5.41, 5.74) is 1.01. The standard InChI is InChI=1S/C23H22N2O3/c1-2-21(22(26)27)25(24-28)23(18-12-6-3-7-13-18,19-14-8-4-9-15-19)20-16-10-5-11-17-20/h3-17,21H,2H2,1H3,(H,26,27)/p-1. The van der Waals surface area contributed by atoms with Crippen LogP contribution >= 0.6 is 0 Å². The van der Waals surface area contributed by atoms with Crippen molar-refractivity contribution in [3.05, 3.63) is 113 Å². The molecule has 1 unspecified atom stereocenters. The lowest BCUT2D eigenvalue weighted by molar-refractivity contribution is -0.313. The Morgan fingerprint density at radius 3 is 1.46 bits per heavy atom. The van der Waals surface area contributed by atoms with E-state index in [4.69, 9.17) is 0 Å². The van der Waals surface area contributed by atoms with Gasteiger partial charge in [-0.3, -0.25) is 0 Å². The molecule has 0 fully saturated rings. The lowest BCUT2D eigenvalue weighted by Gasteiger charge is -2.45. The second kappa shape index (κ2) is 8.48. The summed E-state index contributed by atoms with van der Waals surface area (Å²) < 4.78 is 0. The molecule has 0 saturated carbocycles. The molecule has 5 heteroatoms. The molecule has 3 rings (SSSR count). The van der Waals surface area contributed by atoms with Gasteiger partial charge in [-0.1, -0.05) is 97.9 Å². The molecule has 3 aromatic carbocycles. The van der Waals surface area contributed by atoms with E-state index in [1.165, 1.54) is 0 Å². The van der Waals surface area contributed by atoms with Crippen molar-refractivity contribution in [2.75, 3.05) is 0 Å². The molecule has 0 bridgehead atoms. The van der Waals surface area contributed by atoms with Crippen molar-refractivity contribution in [3.63, 3.8) is 0 Å². The van der Waals surface area contributed by atoms with Crippen LogP contribution in [0.5, 0.6) is 0 Å². The van der Waals surface area contributed by atoms with Crippen LogP contribution in [0.15, 0.2) is 96.3 Å². The molecule has 1 atom stereocenters. The van der Waals surface area contributed by atoms with Crippen LogP contribution in [-0.2, 0) is 10.3 Å². The summed E-state index contributed by atoms with van der Waals surface area (Å²) in [4.78, 5) is 24.1. The van der Waals surface area contributed by atoms with Crippen molar-refractivity contribution in [3.8, 4) is 0 Å². The molecule has 0 aliphatic heterocycles. The molecule has 0 radical (unpaired) electrons.